The minimum absolute atomic E-state index is 0.0601. The molecule has 0 aliphatic heterocycles. The Bertz CT molecular complexity index is 418. The molecule has 3 N–H and O–H groups in total. The minimum Gasteiger partial charge on any atom is -0.484 e. The van der Waals surface area contributed by atoms with Gasteiger partial charge in [-0.2, -0.15) is 0 Å². The maximum atomic E-state index is 10.6. The number of carbonyl (C=O) groups excluding carboxylic acids is 1. The van der Waals surface area contributed by atoms with Crippen LogP contribution in [0, 0.1) is 0 Å². The largest absolute Gasteiger partial charge is 0.484 e. The minimum atomic E-state index is -0.448. The number of aryl methyl sites for hydroxylation is 1. The third kappa shape index (κ3) is 2.77. The molecule has 0 saturated carbocycles. The average molecular weight is 234 g/mol. The Morgan fingerprint density at radius 1 is 1.59 bits per heavy atom. The summed E-state index contributed by atoms with van der Waals surface area (Å²) in [5.74, 6) is 0.274. The SMILES string of the molecule is CCNC1CCc2cc(OCC(N)=O)ccc21. The Labute approximate surface area is 101 Å². The number of amides is 1. The first-order chi connectivity index (χ1) is 8.20. The molecule has 1 aliphatic rings. The molecule has 1 aromatic carbocycles. The van der Waals surface area contributed by atoms with Crippen LogP contribution in [0.2, 0.25) is 0 Å². The first-order valence-electron chi connectivity index (χ1n) is 5.98. The number of ether oxygens (including phenoxy) is 1. The van der Waals surface area contributed by atoms with Gasteiger partial charge in [0.15, 0.2) is 6.61 Å². The lowest BCUT2D eigenvalue weighted by atomic mass is 10.1. The Morgan fingerprint density at radius 2 is 2.41 bits per heavy atom. The van der Waals surface area contributed by atoms with Crippen LogP contribution in [0.4, 0.5) is 0 Å². The molecule has 1 aliphatic carbocycles. The number of carbonyl (C=O) groups is 1. The summed E-state index contributed by atoms with van der Waals surface area (Å²) < 4.78 is 5.29. The number of hydrogen-bond donors (Lipinski definition) is 2. The first-order valence-corrected chi connectivity index (χ1v) is 5.98. The molecule has 4 heteroatoms. The van der Waals surface area contributed by atoms with Crippen molar-refractivity contribution in [3.63, 3.8) is 0 Å². The van der Waals surface area contributed by atoms with Crippen LogP contribution in [0.1, 0.15) is 30.5 Å². The van der Waals surface area contributed by atoms with Crippen LogP contribution in [0.3, 0.4) is 0 Å². The zero-order valence-corrected chi connectivity index (χ0v) is 10.0. The van der Waals surface area contributed by atoms with Gasteiger partial charge in [-0.1, -0.05) is 13.0 Å². The molecule has 0 saturated heterocycles. The van der Waals surface area contributed by atoms with Gasteiger partial charge in [-0.05, 0) is 42.6 Å². The number of nitrogens with two attached hydrogens (primary N) is 1. The fourth-order valence-electron chi connectivity index (χ4n) is 2.30. The lowest BCUT2D eigenvalue weighted by Gasteiger charge is -2.12. The molecule has 92 valence electrons. The zero-order chi connectivity index (χ0) is 12.3. The topological polar surface area (TPSA) is 64.3 Å². The van der Waals surface area contributed by atoms with Crippen LogP contribution in [0.15, 0.2) is 18.2 Å². The van der Waals surface area contributed by atoms with E-state index in [1.807, 2.05) is 12.1 Å². The van der Waals surface area contributed by atoms with Gasteiger partial charge >= 0.3 is 0 Å². The van der Waals surface area contributed by atoms with E-state index in [1.165, 1.54) is 11.1 Å². The molecule has 17 heavy (non-hydrogen) atoms. The molecule has 0 aromatic heterocycles. The Morgan fingerprint density at radius 3 is 3.12 bits per heavy atom. The highest BCUT2D eigenvalue weighted by molar-refractivity contribution is 5.75. The average Bonchev–Trinajstić information content (AvgIpc) is 2.70. The lowest BCUT2D eigenvalue weighted by molar-refractivity contribution is -0.119. The standard InChI is InChI=1S/C13H18N2O2/c1-2-15-12-6-3-9-7-10(4-5-11(9)12)17-8-13(14)16/h4-5,7,12,15H,2-3,6,8H2,1H3,(H2,14,16). The van der Waals surface area contributed by atoms with Crippen molar-refractivity contribution >= 4 is 5.91 Å². The van der Waals surface area contributed by atoms with Gasteiger partial charge in [0.25, 0.3) is 5.91 Å². The van der Waals surface area contributed by atoms with E-state index in [4.69, 9.17) is 10.5 Å². The van der Waals surface area contributed by atoms with Crippen molar-refractivity contribution in [1.82, 2.24) is 5.32 Å². The van der Waals surface area contributed by atoms with Crippen molar-refractivity contribution < 1.29 is 9.53 Å². The van der Waals surface area contributed by atoms with Crippen molar-refractivity contribution in [2.75, 3.05) is 13.2 Å². The normalized spacial score (nSPS) is 17.8. The van der Waals surface area contributed by atoms with Gasteiger partial charge in [0, 0.05) is 6.04 Å². The molecule has 1 unspecified atom stereocenters. The summed E-state index contributed by atoms with van der Waals surface area (Å²) in [6.07, 6.45) is 2.18. The van der Waals surface area contributed by atoms with Crippen molar-refractivity contribution in [3.05, 3.63) is 29.3 Å². The molecule has 0 fully saturated rings. The van der Waals surface area contributed by atoms with Crippen molar-refractivity contribution in [2.24, 2.45) is 5.73 Å². The second kappa shape index (κ2) is 5.19. The summed E-state index contributed by atoms with van der Waals surface area (Å²) >= 11 is 0. The monoisotopic (exact) mass is 234 g/mol. The molecule has 0 radical (unpaired) electrons. The Hall–Kier alpha value is -1.55. The van der Waals surface area contributed by atoms with E-state index in [-0.39, 0.29) is 6.61 Å². The maximum Gasteiger partial charge on any atom is 0.255 e. The van der Waals surface area contributed by atoms with Gasteiger partial charge in [-0.15, -0.1) is 0 Å². The predicted molar refractivity (Wildman–Crippen MR) is 65.9 cm³/mol. The fraction of sp³-hybridized carbons (Fsp3) is 0.462. The second-order valence-electron chi connectivity index (χ2n) is 4.26. The molecule has 2 rings (SSSR count). The van der Waals surface area contributed by atoms with Crippen LogP contribution < -0.4 is 15.8 Å². The quantitative estimate of drug-likeness (QED) is 0.803. The van der Waals surface area contributed by atoms with Gasteiger partial charge in [0.1, 0.15) is 5.75 Å². The van der Waals surface area contributed by atoms with E-state index in [1.54, 1.807) is 0 Å². The highest BCUT2D eigenvalue weighted by atomic mass is 16.5. The molecule has 0 heterocycles. The molecular formula is C13H18N2O2. The summed E-state index contributed by atoms with van der Waals surface area (Å²) in [5.41, 5.74) is 7.69. The maximum absolute atomic E-state index is 10.6. The van der Waals surface area contributed by atoms with Crippen LogP contribution in [0.5, 0.6) is 5.75 Å². The summed E-state index contributed by atoms with van der Waals surface area (Å²) in [7, 11) is 0. The van der Waals surface area contributed by atoms with E-state index >= 15 is 0 Å². The lowest BCUT2D eigenvalue weighted by Crippen LogP contribution is -2.20. The van der Waals surface area contributed by atoms with E-state index in [2.05, 4.69) is 18.3 Å². The highest BCUT2D eigenvalue weighted by Crippen LogP contribution is 2.33. The Balaban J connectivity index is 2.08. The van der Waals surface area contributed by atoms with E-state index in [9.17, 15) is 4.79 Å². The van der Waals surface area contributed by atoms with Crippen LogP contribution in [0.25, 0.3) is 0 Å². The van der Waals surface area contributed by atoms with Crippen LogP contribution in [-0.2, 0) is 11.2 Å². The summed E-state index contributed by atoms with van der Waals surface area (Å²) in [6, 6.07) is 6.44. The van der Waals surface area contributed by atoms with Gasteiger partial charge in [0.2, 0.25) is 0 Å². The van der Waals surface area contributed by atoms with Gasteiger partial charge in [0.05, 0.1) is 0 Å². The molecule has 4 nitrogen and oxygen atoms in total. The fourth-order valence-corrected chi connectivity index (χ4v) is 2.30. The molecule has 1 aromatic rings. The summed E-state index contributed by atoms with van der Waals surface area (Å²) in [6.45, 7) is 3.03. The van der Waals surface area contributed by atoms with Gasteiger partial charge in [-0.3, -0.25) is 4.79 Å². The van der Waals surface area contributed by atoms with Crippen molar-refractivity contribution in [1.29, 1.82) is 0 Å². The van der Waals surface area contributed by atoms with E-state index < -0.39 is 5.91 Å². The summed E-state index contributed by atoms with van der Waals surface area (Å²) in [4.78, 5) is 10.6. The highest BCUT2D eigenvalue weighted by Gasteiger charge is 2.21. The number of benzene rings is 1. The number of nitrogens with one attached hydrogen (secondary N) is 1. The number of primary amides is 1. The van der Waals surface area contributed by atoms with Crippen LogP contribution >= 0.6 is 0 Å². The number of fused-ring (bicyclic) bond motifs is 1. The number of hydrogen-bond acceptors (Lipinski definition) is 3. The third-order valence-electron chi connectivity index (χ3n) is 3.02. The van der Waals surface area contributed by atoms with Crippen molar-refractivity contribution in [2.45, 2.75) is 25.8 Å². The molecule has 0 spiro atoms. The molecule has 1 atom stereocenters. The number of rotatable bonds is 5. The smallest absolute Gasteiger partial charge is 0.255 e. The molecule has 1 amide bonds. The van der Waals surface area contributed by atoms with Gasteiger partial charge < -0.3 is 15.8 Å². The van der Waals surface area contributed by atoms with Crippen molar-refractivity contribution in [3.8, 4) is 5.75 Å². The van der Waals surface area contributed by atoms with Gasteiger partial charge in [-0.25, -0.2) is 0 Å². The first kappa shape index (κ1) is 11.9. The predicted octanol–water partition coefficient (Wildman–Crippen LogP) is 1.15. The van der Waals surface area contributed by atoms with E-state index in [0.717, 1.165) is 25.1 Å². The zero-order valence-electron chi connectivity index (χ0n) is 10.0. The molecule has 0 bridgehead atoms. The Kier molecular flexibility index (Phi) is 3.64. The second-order valence-corrected chi connectivity index (χ2v) is 4.26. The van der Waals surface area contributed by atoms with E-state index in [0.29, 0.717) is 6.04 Å². The van der Waals surface area contributed by atoms with Crippen LogP contribution in [-0.4, -0.2) is 19.1 Å². The molecular weight excluding hydrogens is 216 g/mol. The third-order valence-corrected chi connectivity index (χ3v) is 3.02. The summed E-state index contributed by atoms with van der Waals surface area (Å²) in [5, 5.41) is 3.46.